The summed E-state index contributed by atoms with van der Waals surface area (Å²) in [6, 6.07) is 18.6. The van der Waals surface area contributed by atoms with Gasteiger partial charge in [0.2, 0.25) is 0 Å². The van der Waals surface area contributed by atoms with Crippen molar-refractivity contribution in [2.45, 2.75) is 39.5 Å². The maximum atomic E-state index is 9.81. The first kappa shape index (κ1) is 18.4. The third-order valence-corrected chi connectivity index (χ3v) is 5.19. The lowest BCUT2D eigenvalue weighted by Crippen LogP contribution is -2.31. The Labute approximate surface area is 166 Å². The van der Waals surface area contributed by atoms with E-state index in [1.54, 1.807) is 0 Å². The molecule has 2 heterocycles. The molecule has 0 aliphatic carbocycles. The van der Waals surface area contributed by atoms with Gasteiger partial charge < -0.3 is 15.3 Å². The Bertz CT molecular complexity index is 956. The molecular weight excluding hydrogens is 348 g/mol. The highest BCUT2D eigenvalue weighted by Gasteiger charge is 2.19. The molecule has 0 fully saturated rings. The van der Waals surface area contributed by atoms with Gasteiger partial charge in [0.15, 0.2) is 0 Å². The minimum absolute atomic E-state index is 0.425. The predicted molar refractivity (Wildman–Crippen MR) is 112 cm³/mol. The molecular formula is C23H26N4O. The summed E-state index contributed by atoms with van der Waals surface area (Å²) in [6.45, 7) is 6.21. The van der Waals surface area contributed by atoms with Gasteiger partial charge in [-0.25, -0.2) is 9.97 Å². The number of nitrogens with one attached hydrogen (secondary N) is 1. The fraction of sp³-hybridized carbons (Fsp3) is 0.304. The minimum atomic E-state index is -0.425. The summed E-state index contributed by atoms with van der Waals surface area (Å²) in [6.07, 6.45) is 0.525. The molecule has 0 amide bonds. The Balaban J connectivity index is 1.50. The van der Waals surface area contributed by atoms with Crippen LogP contribution >= 0.6 is 0 Å². The minimum Gasteiger partial charge on any atom is -0.389 e. The lowest BCUT2D eigenvalue weighted by atomic mass is 9.96. The first-order chi connectivity index (χ1) is 13.6. The van der Waals surface area contributed by atoms with E-state index in [0.717, 1.165) is 49.1 Å². The lowest BCUT2D eigenvalue weighted by Gasteiger charge is -2.30. The van der Waals surface area contributed by atoms with Crippen molar-refractivity contribution in [1.82, 2.24) is 9.97 Å². The van der Waals surface area contributed by atoms with E-state index in [1.165, 1.54) is 16.7 Å². The molecule has 0 unspecified atom stereocenters. The molecule has 2 aromatic carbocycles. The van der Waals surface area contributed by atoms with Gasteiger partial charge in [-0.3, -0.25) is 0 Å². The third kappa shape index (κ3) is 4.15. The lowest BCUT2D eigenvalue weighted by molar-refractivity contribution is 0.199. The Morgan fingerprint density at radius 3 is 2.68 bits per heavy atom. The van der Waals surface area contributed by atoms with Crippen LogP contribution in [0.1, 0.15) is 41.1 Å². The van der Waals surface area contributed by atoms with E-state index in [9.17, 15) is 5.11 Å². The van der Waals surface area contributed by atoms with E-state index in [0.29, 0.717) is 0 Å². The molecule has 4 rings (SSSR count). The largest absolute Gasteiger partial charge is 0.389 e. The normalized spacial score (nSPS) is 14.5. The molecule has 28 heavy (non-hydrogen) atoms. The maximum Gasteiger partial charge on any atom is 0.134 e. The SMILES string of the molecule is Cc1nc(NCc2ccccc2)cc(N2CCc3cc([C@@H](C)O)ccc3C2)n1. The maximum absolute atomic E-state index is 9.81. The zero-order chi connectivity index (χ0) is 19.5. The van der Waals surface area contributed by atoms with Crippen LogP contribution in [0, 0.1) is 6.92 Å². The van der Waals surface area contributed by atoms with Gasteiger partial charge in [-0.05, 0) is 42.5 Å². The Kier molecular flexibility index (Phi) is 5.26. The predicted octanol–water partition coefficient (Wildman–Crippen LogP) is 4.01. The average molecular weight is 374 g/mol. The van der Waals surface area contributed by atoms with Crippen LogP contribution < -0.4 is 10.2 Å². The summed E-state index contributed by atoms with van der Waals surface area (Å²) < 4.78 is 0. The van der Waals surface area contributed by atoms with Crippen molar-refractivity contribution in [1.29, 1.82) is 0 Å². The zero-order valence-electron chi connectivity index (χ0n) is 16.4. The number of aryl methyl sites for hydroxylation is 1. The number of aliphatic hydroxyl groups excluding tert-OH is 1. The van der Waals surface area contributed by atoms with Gasteiger partial charge in [-0.15, -0.1) is 0 Å². The Hall–Kier alpha value is -2.92. The fourth-order valence-corrected chi connectivity index (χ4v) is 3.62. The van der Waals surface area contributed by atoms with Crippen LogP contribution in [0.25, 0.3) is 0 Å². The van der Waals surface area contributed by atoms with Crippen molar-refractivity contribution in [2.24, 2.45) is 0 Å². The second-order valence-corrected chi connectivity index (χ2v) is 7.37. The molecule has 5 heteroatoms. The van der Waals surface area contributed by atoms with Crippen LogP contribution in [0.5, 0.6) is 0 Å². The monoisotopic (exact) mass is 374 g/mol. The van der Waals surface area contributed by atoms with Crippen LogP contribution in [-0.2, 0) is 19.5 Å². The summed E-state index contributed by atoms with van der Waals surface area (Å²) in [5.74, 6) is 2.57. The van der Waals surface area contributed by atoms with Crippen molar-refractivity contribution < 1.29 is 5.11 Å². The number of anilines is 2. The van der Waals surface area contributed by atoms with Crippen molar-refractivity contribution in [2.75, 3.05) is 16.8 Å². The van der Waals surface area contributed by atoms with E-state index in [4.69, 9.17) is 0 Å². The fourth-order valence-electron chi connectivity index (χ4n) is 3.62. The standard InChI is InChI=1S/C23H26N4O/c1-16(28)19-8-9-21-15-27(11-10-20(21)12-19)23-13-22(25-17(2)26-23)24-14-18-6-4-3-5-7-18/h3-9,12-13,16,28H,10-11,14-15H2,1-2H3,(H,24,25,26)/t16-/m1/s1. The van der Waals surface area contributed by atoms with Gasteiger partial charge in [0.25, 0.3) is 0 Å². The summed E-state index contributed by atoms with van der Waals surface area (Å²) in [5.41, 5.74) is 4.83. The van der Waals surface area contributed by atoms with Gasteiger partial charge in [0.05, 0.1) is 6.10 Å². The van der Waals surface area contributed by atoms with Crippen LogP contribution in [-0.4, -0.2) is 21.6 Å². The van der Waals surface area contributed by atoms with E-state index in [2.05, 4.69) is 44.5 Å². The third-order valence-electron chi connectivity index (χ3n) is 5.19. The van der Waals surface area contributed by atoms with E-state index in [1.807, 2.05) is 44.2 Å². The first-order valence-electron chi connectivity index (χ1n) is 9.76. The molecule has 2 N–H and O–H groups in total. The van der Waals surface area contributed by atoms with E-state index >= 15 is 0 Å². The molecule has 5 nitrogen and oxygen atoms in total. The topological polar surface area (TPSA) is 61.3 Å². The first-order valence-corrected chi connectivity index (χ1v) is 9.76. The number of hydrogen-bond acceptors (Lipinski definition) is 5. The summed E-state index contributed by atoms with van der Waals surface area (Å²) in [4.78, 5) is 11.5. The summed E-state index contributed by atoms with van der Waals surface area (Å²) in [7, 11) is 0. The molecule has 1 aromatic heterocycles. The van der Waals surface area contributed by atoms with Gasteiger partial charge >= 0.3 is 0 Å². The molecule has 144 valence electrons. The number of nitrogens with zero attached hydrogens (tertiary/aromatic N) is 3. The summed E-state index contributed by atoms with van der Waals surface area (Å²) in [5, 5.41) is 13.2. The van der Waals surface area contributed by atoms with E-state index in [-0.39, 0.29) is 0 Å². The molecule has 0 saturated carbocycles. The number of fused-ring (bicyclic) bond motifs is 1. The van der Waals surface area contributed by atoms with Crippen molar-refractivity contribution >= 4 is 11.6 Å². The van der Waals surface area contributed by atoms with Crippen molar-refractivity contribution in [3.05, 3.63) is 82.7 Å². The second kappa shape index (κ2) is 7.98. The van der Waals surface area contributed by atoms with Gasteiger partial charge in [-0.1, -0.05) is 48.5 Å². The van der Waals surface area contributed by atoms with Crippen LogP contribution in [0.2, 0.25) is 0 Å². The number of rotatable bonds is 5. The average Bonchev–Trinajstić information content (AvgIpc) is 2.72. The quantitative estimate of drug-likeness (QED) is 0.706. The highest BCUT2D eigenvalue weighted by molar-refractivity contribution is 5.52. The molecule has 0 saturated heterocycles. The number of benzene rings is 2. The van der Waals surface area contributed by atoms with Gasteiger partial charge in [-0.2, -0.15) is 0 Å². The second-order valence-electron chi connectivity index (χ2n) is 7.37. The molecule has 1 aliphatic rings. The Morgan fingerprint density at radius 1 is 1.07 bits per heavy atom. The molecule has 1 atom stereocenters. The number of hydrogen-bond donors (Lipinski definition) is 2. The smallest absolute Gasteiger partial charge is 0.134 e. The van der Waals surface area contributed by atoms with Crippen molar-refractivity contribution in [3.63, 3.8) is 0 Å². The molecule has 1 aliphatic heterocycles. The highest BCUT2D eigenvalue weighted by Crippen LogP contribution is 2.27. The number of aliphatic hydroxyl groups is 1. The molecule has 0 bridgehead atoms. The van der Waals surface area contributed by atoms with Gasteiger partial charge in [0, 0.05) is 25.7 Å². The van der Waals surface area contributed by atoms with Crippen LogP contribution in [0.4, 0.5) is 11.6 Å². The van der Waals surface area contributed by atoms with Crippen LogP contribution in [0.15, 0.2) is 54.6 Å². The number of aromatic nitrogens is 2. The Morgan fingerprint density at radius 2 is 1.89 bits per heavy atom. The van der Waals surface area contributed by atoms with Crippen molar-refractivity contribution in [3.8, 4) is 0 Å². The molecule has 3 aromatic rings. The zero-order valence-corrected chi connectivity index (χ0v) is 16.4. The molecule has 0 spiro atoms. The van der Waals surface area contributed by atoms with Gasteiger partial charge in [0.1, 0.15) is 17.5 Å². The summed E-state index contributed by atoms with van der Waals surface area (Å²) >= 11 is 0. The molecule has 0 radical (unpaired) electrons. The highest BCUT2D eigenvalue weighted by atomic mass is 16.3. The van der Waals surface area contributed by atoms with Crippen LogP contribution in [0.3, 0.4) is 0 Å². The van der Waals surface area contributed by atoms with E-state index < -0.39 is 6.10 Å².